The van der Waals surface area contributed by atoms with Crippen molar-refractivity contribution in [3.05, 3.63) is 18.5 Å². The molecule has 92 valence electrons. The summed E-state index contributed by atoms with van der Waals surface area (Å²) < 4.78 is 33.6. The Balaban J connectivity index is 2.11. The van der Waals surface area contributed by atoms with Crippen LogP contribution in [0.1, 0.15) is 6.42 Å². The van der Waals surface area contributed by atoms with Crippen LogP contribution in [0.5, 0.6) is 0 Å². The van der Waals surface area contributed by atoms with E-state index in [2.05, 4.69) is 10.2 Å². The van der Waals surface area contributed by atoms with Crippen LogP contribution in [0.2, 0.25) is 0 Å². The number of carbonyl (C=O) groups is 1. The van der Waals surface area contributed by atoms with Gasteiger partial charge in [0.1, 0.15) is 0 Å². The number of rotatable bonds is 3. The number of carbonyl (C=O) groups excluding carboxylic acids is 1. The van der Waals surface area contributed by atoms with Crippen molar-refractivity contribution in [3.63, 3.8) is 0 Å². The Morgan fingerprint density at radius 2 is 2.24 bits per heavy atom. The molecule has 2 heterocycles. The largest absolute Gasteiger partial charge is 0.310 e. The highest BCUT2D eigenvalue weighted by atomic mass is 32.3. The van der Waals surface area contributed by atoms with Gasteiger partial charge in [-0.1, -0.05) is 0 Å². The molecule has 0 spiro atoms. The Hall–Kier alpha value is -1.57. The van der Waals surface area contributed by atoms with Gasteiger partial charge in [0, 0.05) is 18.9 Å². The summed E-state index contributed by atoms with van der Waals surface area (Å²) in [5, 5.41) is 7.20. The fraction of sp³-hybridized carbons (Fsp3) is 0.444. The maximum Gasteiger partial charge on any atom is 0.302 e. The van der Waals surface area contributed by atoms with Crippen LogP contribution in [0.15, 0.2) is 18.5 Å². The maximum atomic E-state index is 12.5. The molecule has 0 N–H and O–H groups in total. The Labute approximate surface area is 97.7 Å². The van der Waals surface area contributed by atoms with Crippen LogP contribution in [0.25, 0.3) is 0 Å². The molecule has 1 saturated heterocycles. The summed E-state index contributed by atoms with van der Waals surface area (Å²) in [7, 11) is -4.54. The van der Waals surface area contributed by atoms with Crippen LogP contribution in [-0.4, -0.2) is 36.8 Å². The van der Waals surface area contributed by atoms with Crippen LogP contribution >= 0.6 is 0 Å². The summed E-state index contributed by atoms with van der Waals surface area (Å²) in [5.41, 5.74) is 0.545. The van der Waals surface area contributed by atoms with E-state index in [4.69, 9.17) is 0 Å². The van der Waals surface area contributed by atoms with E-state index in [-0.39, 0.29) is 18.9 Å². The molecule has 1 aliphatic heterocycles. The van der Waals surface area contributed by atoms with Gasteiger partial charge >= 0.3 is 10.2 Å². The van der Waals surface area contributed by atoms with E-state index in [1.54, 1.807) is 6.07 Å². The van der Waals surface area contributed by atoms with Crippen molar-refractivity contribution < 1.29 is 17.1 Å². The molecule has 1 amide bonds. The van der Waals surface area contributed by atoms with Gasteiger partial charge in [-0.3, -0.25) is 4.79 Å². The zero-order valence-electron chi connectivity index (χ0n) is 8.78. The number of hydrogen-bond donors (Lipinski definition) is 0. The quantitative estimate of drug-likeness (QED) is 0.721. The van der Waals surface area contributed by atoms with Gasteiger partial charge in [-0.05, 0) is 6.07 Å². The number of nitrogens with zero attached hydrogens (tertiary/aromatic N) is 3. The minimum atomic E-state index is -4.54. The molecule has 0 aliphatic carbocycles. The molecule has 0 saturated carbocycles. The van der Waals surface area contributed by atoms with E-state index in [9.17, 15) is 17.1 Å². The molecule has 1 unspecified atom stereocenters. The first kappa shape index (κ1) is 11.9. The molecule has 1 fully saturated rings. The average molecular weight is 259 g/mol. The van der Waals surface area contributed by atoms with Crippen molar-refractivity contribution in [2.75, 3.05) is 17.2 Å². The highest BCUT2D eigenvalue weighted by Crippen LogP contribution is 2.25. The molecule has 0 aromatic carbocycles. The summed E-state index contributed by atoms with van der Waals surface area (Å²) in [5.74, 6) is -1.36. The van der Waals surface area contributed by atoms with Crippen molar-refractivity contribution in [2.24, 2.45) is 5.92 Å². The molecule has 0 radical (unpaired) electrons. The van der Waals surface area contributed by atoms with Gasteiger partial charge in [-0.15, -0.1) is 3.89 Å². The summed E-state index contributed by atoms with van der Waals surface area (Å²) in [4.78, 5) is 13.0. The van der Waals surface area contributed by atoms with Crippen molar-refractivity contribution >= 4 is 21.8 Å². The lowest BCUT2D eigenvalue weighted by molar-refractivity contribution is -0.117. The van der Waals surface area contributed by atoms with Gasteiger partial charge in [0.05, 0.1) is 23.8 Å². The Morgan fingerprint density at radius 1 is 1.47 bits per heavy atom. The summed E-state index contributed by atoms with van der Waals surface area (Å²) in [6.07, 6.45) is 2.87. The second kappa shape index (κ2) is 4.36. The zero-order chi connectivity index (χ0) is 12.5. The number of anilines is 1. The third kappa shape index (κ3) is 2.96. The summed E-state index contributed by atoms with van der Waals surface area (Å²) in [6, 6.07) is 1.59. The highest BCUT2D eigenvalue weighted by Gasteiger charge is 2.33. The van der Waals surface area contributed by atoms with E-state index >= 15 is 0 Å². The third-order valence-corrected chi connectivity index (χ3v) is 3.39. The minimum absolute atomic E-state index is 0.0332. The maximum absolute atomic E-state index is 12.5. The molecule has 0 bridgehead atoms. The Morgan fingerprint density at radius 3 is 2.82 bits per heavy atom. The normalized spacial score (nSPS) is 20.9. The van der Waals surface area contributed by atoms with E-state index in [1.165, 1.54) is 17.3 Å². The Kier molecular flexibility index (Phi) is 3.05. The van der Waals surface area contributed by atoms with Crippen LogP contribution in [-0.2, 0) is 15.0 Å². The molecule has 1 aliphatic rings. The first-order valence-electron chi connectivity index (χ1n) is 4.95. The van der Waals surface area contributed by atoms with Gasteiger partial charge in [-0.2, -0.15) is 18.6 Å². The topological polar surface area (TPSA) is 80.2 Å². The second-order valence-corrected chi connectivity index (χ2v) is 5.29. The number of aromatic nitrogens is 2. The zero-order valence-corrected chi connectivity index (χ0v) is 9.60. The SMILES string of the molecule is O=C1CC(CS(=O)(=O)F)CN1c1ccnnc1. The number of amides is 1. The predicted octanol–water partition coefficient (Wildman–Crippen LogP) is 0.129. The van der Waals surface area contributed by atoms with Crippen molar-refractivity contribution in [2.45, 2.75) is 6.42 Å². The average Bonchev–Trinajstić information content (AvgIpc) is 2.58. The van der Waals surface area contributed by atoms with Gasteiger partial charge in [-0.25, -0.2) is 0 Å². The molecular weight excluding hydrogens is 249 g/mol. The minimum Gasteiger partial charge on any atom is -0.310 e. The lowest BCUT2D eigenvalue weighted by atomic mass is 10.1. The van der Waals surface area contributed by atoms with Gasteiger partial charge in [0.15, 0.2) is 0 Å². The molecule has 8 heteroatoms. The molecule has 1 aromatic rings. The fourth-order valence-corrected chi connectivity index (χ4v) is 2.65. The van der Waals surface area contributed by atoms with E-state index in [0.717, 1.165) is 0 Å². The van der Waals surface area contributed by atoms with Crippen LogP contribution in [0, 0.1) is 5.92 Å². The van der Waals surface area contributed by atoms with Gasteiger partial charge in [0.25, 0.3) is 0 Å². The highest BCUT2D eigenvalue weighted by molar-refractivity contribution is 7.86. The third-order valence-electron chi connectivity index (χ3n) is 2.52. The molecular formula is C9H10FN3O3S. The molecule has 17 heavy (non-hydrogen) atoms. The molecule has 1 aromatic heterocycles. The number of hydrogen-bond acceptors (Lipinski definition) is 5. The summed E-state index contributed by atoms with van der Waals surface area (Å²) >= 11 is 0. The first-order chi connectivity index (χ1) is 7.96. The van der Waals surface area contributed by atoms with E-state index < -0.39 is 21.9 Å². The molecule has 6 nitrogen and oxygen atoms in total. The van der Waals surface area contributed by atoms with Crippen LogP contribution in [0.4, 0.5) is 9.57 Å². The first-order valence-corrected chi connectivity index (χ1v) is 6.50. The summed E-state index contributed by atoms with van der Waals surface area (Å²) in [6.45, 7) is 0.188. The second-order valence-electron chi connectivity index (χ2n) is 3.88. The predicted molar refractivity (Wildman–Crippen MR) is 57.4 cm³/mol. The van der Waals surface area contributed by atoms with Crippen molar-refractivity contribution in [1.82, 2.24) is 10.2 Å². The molecule has 1 atom stereocenters. The lowest BCUT2D eigenvalue weighted by Gasteiger charge is -2.15. The van der Waals surface area contributed by atoms with Gasteiger partial charge in [0.2, 0.25) is 5.91 Å². The van der Waals surface area contributed by atoms with Crippen LogP contribution < -0.4 is 4.90 Å². The van der Waals surface area contributed by atoms with Crippen molar-refractivity contribution in [3.8, 4) is 0 Å². The lowest BCUT2D eigenvalue weighted by Crippen LogP contribution is -2.25. The molecule has 2 rings (SSSR count). The fourth-order valence-electron chi connectivity index (χ4n) is 1.87. The van der Waals surface area contributed by atoms with Crippen molar-refractivity contribution in [1.29, 1.82) is 0 Å². The van der Waals surface area contributed by atoms with E-state index in [1.807, 2.05) is 0 Å². The Bertz CT molecular complexity index is 520. The smallest absolute Gasteiger partial charge is 0.302 e. The monoisotopic (exact) mass is 259 g/mol. The van der Waals surface area contributed by atoms with E-state index in [0.29, 0.717) is 5.69 Å². The standard InChI is InChI=1S/C9H10FN3O3S/c10-17(15,16)6-7-3-9(14)13(5-7)8-1-2-11-12-4-8/h1-2,4,7H,3,5-6H2. The van der Waals surface area contributed by atoms with Gasteiger partial charge < -0.3 is 4.90 Å². The van der Waals surface area contributed by atoms with Crippen LogP contribution in [0.3, 0.4) is 0 Å². The number of halogens is 1.